The average Bonchev–Trinajstić information content (AvgIpc) is 2.76. The molecule has 0 aromatic heterocycles. The van der Waals surface area contributed by atoms with Crippen molar-refractivity contribution < 1.29 is 14.6 Å². The van der Waals surface area contributed by atoms with Crippen LogP contribution in [0.15, 0.2) is 46.9 Å². The van der Waals surface area contributed by atoms with Crippen molar-refractivity contribution in [1.82, 2.24) is 4.90 Å². The Morgan fingerprint density at radius 3 is 2.67 bits per heavy atom. The lowest BCUT2D eigenvalue weighted by atomic mass is 9.88. The molecule has 1 amide bonds. The van der Waals surface area contributed by atoms with Gasteiger partial charge in [-0.2, -0.15) is 0 Å². The molecular formula is C24H29BrN2O3. The van der Waals surface area contributed by atoms with Gasteiger partial charge in [-0.3, -0.25) is 4.90 Å². The summed E-state index contributed by atoms with van der Waals surface area (Å²) in [5, 5.41) is 9.64. The normalized spacial score (nSPS) is 20.1. The molecule has 1 fully saturated rings. The van der Waals surface area contributed by atoms with E-state index in [-0.39, 0.29) is 0 Å². The number of halogens is 1. The Morgan fingerprint density at radius 1 is 1.17 bits per heavy atom. The molecule has 1 N–H and O–H groups in total. The van der Waals surface area contributed by atoms with Crippen LogP contribution in [-0.4, -0.2) is 49.4 Å². The van der Waals surface area contributed by atoms with E-state index in [0.29, 0.717) is 18.4 Å². The first kappa shape index (κ1) is 21.2. The fraction of sp³-hybridized carbons (Fsp3) is 0.458. The number of amides is 1. The van der Waals surface area contributed by atoms with Crippen molar-refractivity contribution in [2.45, 2.75) is 25.7 Å². The van der Waals surface area contributed by atoms with Crippen molar-refractivity contribution in [2.75, 3.05) is 38.2 Å². The summed E-state index contributed by atoms with van der Waals surface area (Å²) in [6.45, 7) is 3.71. The molecule has 6 heteroatoms. The lowest BCUT2D eigenvalue weighted by molar-refractivity contribution is 0.157. The van der Waals surface area contributed by atoms with Crippen LogP contribution in [0.25, 0.3) is 0 Å². The zero-order valence-corrected chi connectivity index (χ0v) is 19.0. The summed E-state index contributed by atoms with van der Waals surface area (Å²) in [7, 11) is 1.71. The largest absolute Gasteiger partial charge is 0.497 e. The molecule has 2 aromatic rings. The lowest BCUT2D eigenvalue weighted by Gasteiger charge is -2.38. The highest BCUT2D eigenvalue weighted by Gasteiger charge is 2.30. The minimum absolute atomic E-state index is 0.347. The standard InChI is InChI=1S/C24H29BrN2O3/c1-30-21-6-7-22(25)20(14-21)12-17-8-10-26(11-9-17)15-18-13-19-4-2-3-5-23(19)27(16-18)24(28)29/h2-7,14,17-18H,8-13,15-16H2,1H3,(H,28,29). The minimum atomic E-state index is -0.852. The number of fused-ring (bicyclic) bond motifs is 1. The number of carbonyl (C=O) groups is 1. The van der Waals surface area contributed by atoms with Crippen LogP contribution in [0.1, 0.15) is 24.0 Å². The van der Waals surface area contributed by atoms with Gasteiger partial charge in [-0.1, -0.05) is 34.1 Å². The van der Waals surface area contributed by atoms with Crippen molar-refractivity contribution in [3.63, 3.8) is 0 Å². The Kier molecular flexibility index (Phi) is 6.64. The van der Waals surface area contributed by atoms with E-state index in [4.69, 9.17) is 4.74 Å². The Morgan fingerprint density at radius 2 is 1.93 bits per heavy atom. The van der Waals surface area contributed by atoms with Gasteiger partial charge < -0.3 is 14.7 Å². The summed E-state index contributed by atoms with van der Waals surface area (Å²) in [4.78, 5) is 15.8. The van der Waals surface area contributed by atoms with Crippen molar-refractivity contribution in [3.05, 3.63) is 58.1 Å². The number of piperidine rings is 1. The molecular weight excluding hydrogens is 444 g/mol. The van der Waals surface area contributed by atoms with Gasteiger partial charge in [0, 0.05) is 17.6 Å². The molecule has 0 saturated carbocycles. The van der Waals surface area contributed by atoms with Gasteiger partial charge in [0.05, 0.1) is 12.8 Å². The second kappa shape index (κ2) is 9.40. The third-order valence-electron chi connectivity index (χ3n) is 6.45. The molecule has 0 aliphatic carbocycles. The number of methoxy groups -OCH3 is 1. The SMILES string of the molecule is COc1ccc(Br)c(CC2CCN(CC3Cc4ccccc4N(C(=O)O)C3)CC2)c1. The van der Waals surface area contributed by atoms with Crippen LogP contribution in [0.2, 0.25) is 0 Å². The van der Waals surface area contributed by atoms with Gasteiger partial charge in [-0.25, -0.2) is 4.79 Å². The van der Waals surface area contributed by atoms with Crippen LogP contribution < -0.4 is 9.64 Å². The maximum atomic E-state index is 11.7. The molecule has 0 bridgehead atoms. The Balaban J connectivity index is 1.33. The third kappa shape index (κ3) is 4.81. The molecule has 2 aliphatic heterocycles. The molecule has 4 rings (SSSR count). The van der Waals surface area contributed by atoms with E-state index >= 15 is 0 Å². The molecule has 5 nitrogen and oxygen atoms in total. The number of nitrogens with zero attached hydrogens (tertiary/aromatic N) is 2. The molecule has 1 unspecified atom stereocenters. The molecule has 0 spiro atoms. The van der Waals surface area contributed by atoms with Crippen molar-refractivity contribution in [2.24, 2.45) is 11.8 Å². The first-order chi connectivity index (χ1) is 14.5. The van der Waals surface area contributed by atoms with Crippen LogP contribution in [0, 0.1) is 11.8 Å². The quantitative estimate of drug-likeness (QED) is 0.659. The van der Waals surface area contributed by atoms with Gasteiger partial charge in [0.15, 0.2) is 0 Å². The minimum Gasteiger partial charge on any atom is -0.497 e. The number of ether oxygens (including phenoxy) is 1. The monoisotopic (exact) mass is 472 g/mol. The molecule has 30 heavy (non-hydrogen) atoms. The predicted molar refractivity (Wildman–Crippen MR) is 123 cm³/mol. The Labute approximate surface area is 186 Å². The highest BCUT2D eigenvalue weighted by atomic mass is 79.9. The van der Waals surface area contributed by atoms with Crippen LogP contribution >= 0.6 is 15.9 Å². The maximum absolute atomic E-state index is 11.7. The van der Waals surface area contributed by atoms with E-state index in [1.54, 1.807) is 7.11 Å². The maximum Gasteiger partial charge on any atom is 0.411 e. The average molecular weight is 473 g/mol. The highest BCUT2D eigenvalue weighted by molar-refractivity contribution is 9.10. The van der Waals surface area contributed by atoms with Gasteiger partial charge in [-0.15, -0.1) is 0 Å². The van der Waals surface area contributed by atoms with Gasteiger partial charge in [0.2, 0.25) is 0 Å². The zero-order valence-electron chi connectivity index (χ0n) is 17.4. The van der Waals surface area contributed by atoms with E-state index in [9.17, 15) is 9.90 Å². The fourth-order valence-electron chi connectivity index (χ4n) is 4.87. The molecule has 2 aromatic carbocycles. The van der Waals surface area contributed by atoms with Gasteiger partial charge in [-0.05, 0) is 86.0 Å². The van der Waals surface area contributed by atoms with E-state index in [2.05, 4.69) is 39.0 Å². The molecule has 2 heterocycles. The number of hydrogen-bond donors (Lipinski definition) is 1. The summed E-state index contributed by atoms with van der Waals surface area (Å²) in [6.07, 6.45) is 3.52. The summed E-state index contributed by atoms with van der Waals surface area (Å²) >= 11 is 3.68. The van der Waals surface area contributed by atoms with E-state index in [0.717, 1.165) is 53.9 Å². The predicted octanol–water partition coefficient (Wildman–Crippen LogP) is 5.07. The van der Waals surface area contributed by atoms with Crippen LogP contribution in [0.3, 0.4) is 0 Å². The number of hydrogen-bond acceptors (Lipinski definition) is 3. The number of carboxylic acid groups (broad SMARTS) is 1. The van der Waals surface area contributed by atoms with Crippen LogP contribution in [-0.2, 0) is 12.8 Å². The number of anilines is 1. The van der Waals surface area contributed by atoms with Crippen LogP contribution in [0.5, 0.6) is 5.75 Å². The van der Waals surface area contributed by atoms with E-state index < -0.39 is 6.09 Å². The molecule has 0 radical (unpaired) electrons. The summed E-state index contributed by atoms with van der Waals surface area (Å²) < 4.78 is 6.53. The van der Waals surface area contributed by atoms with E-state index in [1.165, 1.54) is 23.3 Å². The smallest absolute Gasteiger partial charge is 0.411 e. The second-order valence-electron chi connectivity index (χ2n) is 8.50. The second-order valence-corrected chi connectivity index (χ2v) is 9.35. The van der Waals surface area contributed by atoms with Crippen molar-refractivity contribution in [3.8, 4) is 5.75 Å². The zero-order chi connectivity index (χ0) is 21.1. The third-order valence-corrected chi connectivity index (χ3v) is 7.22. The van der Waals surface area contributed by atoms with Crippen molar-refractivity contribution >= 4 is 27.7 Å². The van der Waals surface area contributed by atoms with Crippen molar-refractivity contribution in [1.29, 1.82) is 0 Å². The Hall–Kier alpha value is -2.05. The fourth-order valence-corrected chi connectivity index (χ4v) is 5.27. The number of benzene rings is 2. The highest BCUT2D eigenvalue weighted by Crippen LogP contribution is 2.32. The van der Waals surface area contributed by atoms with Gasteiger partial charge in [0.1, 0.15) is 5.75 Å². The first-order valence-corrected chi connectivity index (χ1v) is 11.5. The topological polar surface area (TPSA) is 53.0 Å². The summed E-state index contributed by atoms with van der Waals surface area (Å²) in [5.74, 6) is 1.93. The lowest BCUT2D eigenvalue weighted by Crippen LogP contribution is -2.45. The summed E-state index contributed by atoms with van der Waals surface area (Å²) in [6, 6.07) is 14.1. The number of para-hydroxylation sites is 1. The Bertz CT molecular complexity index is 896. The molecule has 2 aliphatic rings. The summed E-state index contributed by atoms with van der Waals surface area (Å²) in [5.41, 5.74) is 3.31. The molecule has 1 saturated heterocycles. The van der Waals surface area contributed by atoms with Gasteiger partial charge >= 0.3 is 6.09 Å². The molecule has 1 atom stereocenters. The van der Waals surface area contributed by atoms with Gasteiger partial charge in [0.25, 0.3) is 0 Å². The van der Waals surface area contributed by atoms with E-state index in [1.807, 2.05) is 24.3 Å². The number of rotatable bonds is 5. The van der Waals surface area contributed by atoms with Crippen LogP contribution in [0.4, 0.5) is 10.5 Å². The number of likely N-dealkylation sites (tertiary alicyclic amines) is 1. The first-order valence-electron chi connectivity index (χ1n) is 10.7. The molecule has 160 valence electrons.